The molecule has 200 valence electrons. The summed E-state index contributed by atoms with van der Waals surface area (Å²) in [6, 6.07) is 11.0. The molecule has 1 aliphatic heterocycles. The fraction of sp³-hybridized carbons (Fsp3) is 0.393. The van der Waals surface area contributed by atoms with Crippen LogP contribution in [0, 0.1) is 18.3 Å². The lowest BCUT2D eigenvalue weighted by molar-refractivity contribution is -0.123. The van der Waals surface area contributed by atoms with Gasteiger partial charge in [-0.1, -0.05) is 23.7 Å². The van der Waals surface area contributed by atoms with Crippen LogP contribution in [-0.4, -0.2) is 60.2 Å². The van der Waals surface area contributed by atoms with Crippen LogP contribution in [0.1, 0.15) is 38.3 Å². The Kier molecular flexibility index (Phi) is 7.74. The summed E-state index contributed by atoms with van der Waals surface area (Å²) in [7, 11) is 0. The van der Waals surface area contributed by atoms with E-state index in [4.69, 9.17) is 31.2 Å². The first kappa shape index (κ1) is 27.1. The zero-order chi connectivity index (χ0) is 27.6. The van der Waals surface area contributed by atoms with E-state index in [0.717, 1.165) is 12.0 Å². The highest BCUT2D eigenvalue weighted by Crippen LogP contribution is 2.41. The van der Waals surface area contributed by atoms with Gasteiger partial charge < -0.3 is 29.4 Å². The van der Waals surface area contributed by atoms with Crippen LogP contribution in [0.15, 0.2) is 34.7 Å². The Hall–Kier alpha value is -3.90. The smallest absolute Gasteiger partial charge is 0.410 e. The van der Waals surface area contributed by atoms with Gasteiger partial charge in [0.15, 0.2) is 0 Å². The predicted octanol–water partition coefficient (Wildman–Crippen LogP) is 5.36. The number of ether oxygens (including phenoxy) is 2. The van der Waals surface area contributed by atoms with E-state index in [1.54, 1.807) is 15.9 Å². The molecule has 38 heavy (non-hydrogen) atoms. The highest BCUT2D eigenvalue weighted by Gasteiger charge is 2.31. The molecule has 4 rings (SSSR count). The number of carbonyl (C=O) groups excluding carboxylic acids is 2. The van der Waals surface area contributed by atoms with Crippen LogP contribution in [0.2, 0.25) is 5.02 Å². The summed E-state index contributed by atoms with van der Waals surface area (Å²) in [4.78, 5) is 27.5. The maximum Gasteiger partial charge on any atom is 0.410 e. The van der Waals surface area contributed by atoms with Crippen molar-refractivity contribution in [3.05, 3.63) is 46.5 Å². The van der Waals surface area contributed by atoms with Crippen LogP contribution in [0.4, 0.5) is 10.7 Å². The first-order chi connectivity index (χ1) is 18.0. The summed E-state index contributed by atoms with van der Waals surface area (Å²) >= 11 is 6.63. The molecule has 10 heteroatoms. The molecule has 0 bridgehead atoms. The maximum atomic E-state index is 12.6. The Morgan fingerprint density at radius 2 is 2.05 bits per heavy atom. The minimum Gasteiger partial charge on any atom is -0.493 e. The second-order valence-corrected chi connectivity index (χ2v) is 10.7. The standard InChI is InChI=1S/C28H31ClN4O5/c1-17-12-22(29)20(19-6-5-7-23-25(19)21(14-30)26(31)37-23)13-24(17)36-11-8-18-15-32(9-10-33(18)16-34)27(35)38-28(2,3)4/h5-7,12-13,16,18H,8-11,15,31H2,1-4H3. The number of piperazine rings is 1. The average Bonchev–Trinajstić information content (AvgIpc) is 3.19. The summed E-state index contributed by atoms with van der Waals surface area (Å²) < 4.78 is 17.2. The maximum absolute atomic E-state index is 12.6. The van der Waals surface area contributed by atoms with Crippen LogP contribution in [0.3, 0.4) is 0 Å². The molecule has 2 heterocycles. The third-order valence-corrected chi connectivity index (χ3v) is 6.75. The normalized spacial score (nSPS) is 15.8. The van der Waals surface area contributed by atoms with E-state index >= 15 is 0 Å². The number of nitrogens with zero attached hydrogens (tertiary/aromatic N) is 3. The van der Waals surface area contributed by atoms with Crippen molar-refractivity contribution < 1.29 is 23.5 Å². The Morgan fingerprint density at radius 1 is 1.29 bits per heavy atom. The van der Waals surface area contributed by atoms with Gasteiger partial charge in [0.05, 0.1) is 12.6 Å². The van der Waals surface area contributed by atoms with E-state index in [0.29, 0.717) is 65.5 Å². The minimum absolute atomic E-state index is 0.0577. The highest BCUT2D eigenvalue weighted by atomic mass is 35.5. The molecule has 2 N–H and O–H groups in total. The Bertz CT molecular complexity index is 1400. The monoisotopic (exact) mass is 538 g/mol. The molecule has 1 aliphatic rings. The number of nitriles is 1. The van der Waals surface area contributed by atoms with Crippen LogP contribution < -0.4 is 10.5 Å². The summed E-state index contributed by atoms with van der Waals surface area (Å²) in [5.74, 6) is 0.677. The van der Waals surface area contributed by atoms with E-state index < -0.39 is 11.7 Å². The van der Waals surface area contributed by atoms with Crippen molar-refractivity contribution in [2.24, 2.45) is 0 Å². The summed E-state index contributed by atoms with van der Waals surface area (Å²) in [6.07, 6.45) is 0.937. The van der Waals surface area contributed by atoms with Crippen molar-refractivity contribution in [3.8, 4) is 22.9 Å². The lowest BCUT2D eigenvalue weighted by Crippen LogP contribution is -2.55. The number of aryl methyl sites for hydroxylation is 1. The molecule has 9 nitrogen and oxygen atoms in total. The van der Waals surface area contributed by atoms with Crippen LogP contribution in [-0.2, 0) is 9.53 Å². The molecule has 0 spiro atoms. The third kappa shape index (κ3) is 5.65. The lowest BCUT2D eigenvalue weighted by atomic mass is 9.98. The number of anilines is 1. The zero-order valence-corrected chi connectivity index (χ0v) is 22.7. The number of hydrogen-bond acceptors (Lipinski definition) is 7. The summed E-state index contributed by atoms with van der Waals surface area (Å²) in [6.45, 7) is 8.88. The van der Waals surface area contributed by atoms with Gasteiger partial charge in [-0.15, -0.1) is 0 Å². The van der Waals surface area contributed by atoms with Crippen molar-refractivity contribution in [2.75, 3.05) is 32.0 Å². The molecule has 1 unspecified atom stereocenters. The number of nitrogen functional groups attached to an aromatic ring is 1. The van der Waals surface area contributed by atoms with Crippen molar-refractivity contribution in [2.45, 2.75) is 45.8 Å². The molecule has 2 aromatic carbocycles. The molecule has 1 atom stereocenters. The van der Waals surface area contributed by atoms with Gasteiger partial charge in [-0.05, 0) is 57.0 Å². The topological polar surface area (TPSA) is 122 Å². The Labute approximate surface area is 226 Å². The molecular weight excluding hydrogens is 508 g/mol. The lowest BCUT2D eigenvalue weighted by Gasteiger charge is -2.39. The zero-order valence-electron chi connectivity index (χ0n) is 21.9. The van der Waals surface area contributed by atoms with Gasteiger partial charge in [-0.2, -0.15) is 5.26 Å². The number of nitrogens with two attached hydrogens (primary N) is 1. The number of fused-ring (bicyclic) bond motifs is 1. The van der Waals surface area contributed by atoms with Crippen LogP contribution in [0.25, 0.3) is 22.1 Å². The van der Waals surface area contributed by atoms with Gasteiger partial charge >= 0.3 is 6.09 Å². The second kappa shape index (κ2) is 10.8. The molecule has 1 saturated heterocycles. The van der Waals surface area contributed by atoms with Crippen molar-refractivity contribution >= 4 is 41.0 Å². The van der Waals surface area contributed by atoms with E-state index in [-0.39, 0.29) is 17.5 Å². The van der Waals surface area contributed by atoms with Gasteiger partial charge in [0, 0.05) is 42.0 Å². The number of rotatable bonds is 6. The molecule has 0 radical (unpaired) electrons. The van der Waals surface area contributed by atoms with Crippen molar-refractivity contribution in [1.29, 1.82) is 5.26 Å². The Balaban J connectivity index is 1.53. The molecule has 3 aromatic rings. The van der Waals surface area contributed by atoms with Crippen molar-refractivity contribution in [1.82, 2.24) is 9.80 Å². The second-order valence-electron chi connectivity index (χ2n) is 10.3. The first-order valence-corrected chi connectivity index (χ1v) is 12.7. The number of benzene rings is 2. The van der Waals surface area contributed by atoms with E-state index in [9.17, 15) is 14.9 Å². The van der Waals surface area contributed by atoms with E-state index in [1.807, 2.05) is 52.0 Å². The van der Waals surface area contributed by atoms with Gasteiger partial charge in [0.25, 0.3) is 0 Å². The number of amides is 2. The van der Waals surface area contributed by atoms with Crippen LogP contribution >= 0.6 is 11.6 Å². The van der Waals surface area contributed by atoms with Gasteiger partial charge in [-0.25, -0.2) is 4.79 Å². The number of hydrogen-bond donors (Lipinski definition) is 1. The number of carbonyl (C=O) groups is 2. The molecule has 0 saturated carbocycles. The number of halogens is 1. The molecule has 1 aromatic heterocycles. The summed E-state index contributed by atoms with van der Waals surface area (Å²) in [5, 5.41) is 10.7. The quantitative estimate of drug-likeness (QED) is 0.419. The average molecular weight is 539 g/mol. The largest absolute Gasteiger partial charge is 0.493 e. The molecule has 1 fully saturated rings. The molecular formula is C28H31ClN4O5. The predicted molar refractivity (Wildman–Crippen MR) is 145 cm³/mol. The fourth-order valence-corrected chi connectivity index (χ4v) is 4.90. The molecule has 2 amide bonds. The van der Waals surface area contributed by atoms with Crippen LogP contribution in [0.5, 0.6) is 5.75 Å². The SMILES string of the molecule is Cc1cc(Cl)c(-c2cccc3oc(N)c(C#N)c23)cc1OCCC1CN(C(=O)OC(C)(C)C)CCN1C=O. The van der Waals surface area contributed by atoms with Gasteiger partial charge in [0.1, 0.15) is 28.6 Å². The minimum atomic E-state index is -0.595. The Morgan fingerprint density at radius 3 is 2.74 bits per heavy atom. The fourth-order valence-electron chi connectivity index (χ4n) is 4.58. The van der Waals surface area contributed by atoms with E-state index in [1.165, 1.54) is 0 Å². The van der Waals surface area contributed by atoms with Crippen molar-refractivity contribution in [3.63, 3.8) is 0 Å². The molecule has 0 aliphatic carbocycles. The highest BCUT2D eigenvalue weighted by molar-refractivity contribution is 6.34. The summed E-state index contributed by atoms with van der Waals surface area (Å²) in [5.41, 5.74) is 8.30. The van der Waals surface area contributed by atoms with Gasteiger partial charge in [-0.3, -0.25) is 4.79 Å². The first-order valence-electron chi connectivity index (χ1n) is 12.4. The van der Waals surface area contributed by atoms with E-state index in [2.05, 4.69) is 6.07 Å². The van der Waals surface area contributed by atoms with Gasteiger partial charge in [0.2, 0.25) is 12.3 Å². The number of furan rings is 1. The third-order valence-electron chi connectivity index (χ3n) is 6.43.